The topological polar surface area (TPSA) is 86.7 Å². The summed E-state index contributed by atoms with van der Waals surface area (Å²) in [7, 11) is 1.72. The molecule has 6 nitrogen and oxygen atoms in total. The van der Waals surface area contributed by atoms with E-state index in [1.54, 1.807) is 11.9 Å². The number of likely N-dealkylation sites (tertiary alicyclic amines) is 1. The highest BCUT2D eigenvalue weighted by atomic mass is 16.4. The zero-order chi connectivity index (χ0) is 15.3. The molecule has 6 heteroatoms. The SMILES string of the molecule is CCC(CC)(CNC(=O)C1CCN(C)C(=O)C1)C(=O)O. The number of aliphatic carboxylic acids is 1. The molecule has 1 unspecified atom stereocenters. The molecule has 20 heavy (non-hydrogen) atoms. The third-order valence-corrected chi connectivity index (χ3v) is 4.44. The van der Waals surface area contributed by atoms with Crippen LogP contribution in [0.4, 0.5) is 0 Å². The smallest absolute Gasteiger partial charge is 0.311 e. The summed E-state index contributed by atoms with van der Waals surface area (Å²) in [4.78, 5) is 36.6. The van der Waals surface area contributed by atoms with Crippen LogP contribution in [0.5, 0.6) is 0 Å². The van der Waals surface area contributed by atoms with Gasteiger partial charge in [0.1, 0.15) is 0 Å². The first kappa shape index (κ1) is 16.5. The van der Waals surface area contributed by atoms with Gasteiger partial charge >= 0.3 is 5.97 Å². The van der Waals surface area contributed by atoms with Crippen LogP contribution in [0.1, 0.15) is 39.5 Å². The Bertz CT molecular complexity index is 391. The second-order valence-corrected chi connectivity index (χ2v) is 5.52. The van der Waals surface area contributed by atoms with Crippen molar-refractivity contribution in [2.75, 3.05) is 20.1 Å². The number of hydrogen-bond donors (Lipinski definition) is 2. The van der Waals surface area contributed by atoms with Gasteiger partial charge < -0.3 is 15.3 Å². The summed E-state index contributed by atoms with van der Waals surface area (Å²) < 4.78 is 0. The van der Waals surface area contributed by atoms with Crippen LogP contribution < -0.4 is 5.32 Å². The molecule has 1 aliphatic heterocycles. The van der Waals surface area contributed by atoms with Crippen LogP contribution in [0, 0.1) is 11.3 Å². The van der Waals surface area contributed by atoms with Crippen molar-refractivity contribution >= 4 is 17.8 Å². The normalized spacial score (nSPS) is 19.9. The van der Waals surface area contributed by atoms with Crippen molar-refractivity contribution < 1.29 is 19.5 Å². The fourth-order valence-electron chi connectivity index (χ4n) is 2.45. The molecule has 0 spiro atoms. The largest absolute Gasteiger partial charge is 0.481 e. The average molecular weight is 284 g/mol. The lowest BCUT2D eigenvalue weighted by Gasteiger charge is -2.30. The van der Waals surface area contributed by atoms with Crippen molar-refractivity contribution in [2.24, 2.45) is 11.3 Å². The van der Waals surface area contributed by atoms with Gasteiger partial charge in [0.25, 0.3) is 0 Å². The van der Waals surface area contributed by atoms with E-state index in [9.17, 15) is 19.5 Å². The van der Waals surface area contributed by atoms with E-state index in [4.69, 9.17) is 0 Å². The van der Waals surface area contributed by atoms with Gasteiger partial charge in [0.2, 0.25) is 11.8 Å². The van der Waals surface area contributed by atoms with E-state index in [2.05, 4.69) is 5.32 Å². The number of carbonyl (C=O) groups is 3. The lowest BCUT2D eigenvalue weighted by Crippen LogP contribution is -2.47. The minimum atomic E-state index is -0.912. The molecule has 1 atom stereocenters. The molecule has 1 aliphatic rings. The first-order chi connectivity index (χ1) is 9.36. The Labute approximate surface area is 119 Å². The number of piperidine rings is 1. The van der Waals surface area contributed by atoms with Crippen LogP contribution in [0.25, 0.3) is 0 Å². The van der Waals surface area contributed by atoms with Gasteiger partial charge in [-0.3, -0.25) is 14.4 Å². The maximum absolute atomic E-state index is 12.1. The molecule has 2 amide bonds. The fraction of sp³-hybridized carbons (Fsp3) is 0.786. The van der Waals surface area contributed by atoms with Gasteiger partial charge in [-0.2, -0.15) is 0 Å². The summed E-state index contributed by atoms with van der Waals surface area (Å²) in [6.45, 7) is 4.31. The molecule has 1 heterocycles. The molecule has 1 saturated heterocycles. The average Bonchev–Trinajstić information content (AvgIpc) is 2.43. The van der Waals surface area contributed by atoms with Gasteiger partial charge in [-0.05, 0) is 19.3 Å². The molecule has 0 bridgehead atoms. The van der Waals surface area contributed by atoms with Crippen LogP contribution in [-0.4, -0.2) is 47.9 Å². The summed E-state index contributed by atoms with van der Waals surface area (Å²) >= 11 is 0. The van der Waals surface area contributed by atoms with E-state index in [1.807, 2.05) is 13.8 Å². The van der Waals surface area contributed by atoms with E-state index in [-0.39, 0.29) is 30.7 Å². The van der Waals surface area contributed by atoms with Gasteiger partial charge in [-0.25, -0.2) is 0 Å². The number of nitrogens with one attached hydrogen (secondary N) is 1. The Morgan fingerprint density at radius 1 is 1.40 bits per heavy atom. The minimum Gasteiger partial charge on any atom is -0.481 e. The summed E-state index contributed by atoms with van der Waals surface area (Å²) in [6, 6.07) is 0. The van der Waals surface area contributed by atoms with E-state index >= 15 is 0 Å². The zero-order valence-electron chi connectivity index (χ0n) is 12.4. The summed E-state index contributed by atoms with van der Waals surface area (Å²) in [6.07, 6.45) is 1.77. The van der Waals surface area contributed by atoms with E-state index in [0.29, 0.717) is 25.8 Å². The zero-order valence-corrected chi connectivity index (χ0v) is 12.4. The van der Waals surface area contributed by atoms with Crippen molar-refractivity contribution in [3.8, 4) is 0 Å². The summed E-state index contributed by atoms with van der Waals surface area (Å²) in [5.74, 6) is -1.47. The number of carbonyl (C=O) groups excluding carboxylic acids is 2. The second-order valence-electron chi connectivity index (χ2n) is 5.52. The molecule has 114 valence electrons. The highest BCUT2D eigenvalue weighted by Crippen LogP contribution is 2.26. The van der Waals surface area contributed by atoms with Crippen LogP contribution in [0.15, 0.2) is 0 Å². The molecule has 1 fully saturated rings. The van der Waals surface area contributed by atoms with E-state index < -0.39 is 11.4 Å². The number of carboxylic acid groups (broad SMARTS) is 1. The van der Waals surface area contributed by atoms with Crippen molar-refractivity contribution in [3.63, 3.8) is 0 Å². The Hall–Kier alpha value is -1.59. The fourth-order valence-corrected chi connectivity index (χ4v) is 2.45. The number of amides is 2. The van der Waals surface area contributed by atoms with Crippen LogP contribution in [-0.2, 0) is 14.4 Å². The predicted octanol–water partition coefficient (Wildman–Crippen LogP) is 0.862. The Morgan fingerprint density at radius 3 is 2.45 bits per heavy atom. The Balaban J connectivity index is 2.58. The first-order valence-electron chi connectivity index (χ1n) is 7.11. The number of rotatable bonds is 6. The van der Waals surface area contributed by atoms with Crippen molar-refractivity contribution in [3.05, 3.63) is 0 Å². The van der Waals surface area contributed by atoms with Gasteiger partial charge in [0.15, 0.2) is 0 Å². The molecular weight excluding hydrogens is 260 g/mol. The number of nitrogens with zero attached hydrogens (tertiary/aromatic N) is 1. The van der Waals surface area contributed by atoms with Gasteiger partial charge in [-0.1, -0.05) is 13.8 Å². The van der Waals surface area contributed by atoms with Gasteiger partial charge in [0.05, 0.1) is 5.41 Å². The molecular formula is C14H24N2O4. The van der Waals surface area contributed by atoms with Gasteiger partial charge in [-0.15, -0.1) is 0 Å². The molecule has 0 radical (unpaired) electrons. The lowest BCUT2D eigenvalue weighted by atomic mass is 9.82. The molecule has 0 aliphatic carbocycles. The highest BCUT2D eigenvalue weighted by molar-refractivity contribution is 5.87. The third kappa shape index (κ3) is 3.49. The summed E-state index contributed by atoms with van der Waals surface area (Å²) in [5, 5.41) is 12.0. The second kappa shape index (κ2) is 6.72. The maximum Gasteiger partial charge on any atom is 0.311 e. The Morgan fingerprint density at radius 2 is 2.00 bits per heavy atom. The molecule has 0 aromatic rings. The molecule has 0 saturated carbocycles. The maximum atomic E-state index is 12.1. The van der Waals surface area contributed by atoms with Gasteiger partial charge in [0, 0.05) is 32.5 Å². The monoisotopic (exact) mass is 284 g/mol. The van der Waals surface area contributed by atoms with Crippen molar-refractivity contribution in [1.29, 1.82) is 0 Å². The molecule has 1 rings (SSSR count). The quantitative estimate of drug-likeness (QED) is 0.757. The standard InChI is InChI=1S/C14H24N2O4/c1-4-14(5-2,13(19)20)9-15-12(18)10-6-7-16(3)11(17)8-10/h10H,4-9H2,1-3H3,(H,15,18)(H,19,20). The van der Waals surface area contributed by atoms with Crippen molar-refractivity contribution in [1.82, 2.24) is 10.2 Å². The van der Waals surface area contributed by atoms with Crippen molar-refractivity contribution in [2.45, 2.75) is 39.5 Å². The number of hydrogen-bond acceptors (Lipinski definition) is 3. The molecule has 0 aromatic heterocycles. The molecule has 2 N–H and O–H groups in total. The lowest BCUT2D eigenvalue weighted by molar-refractivity contribution is -0.150. The minimum absolute atomic E-state index is 0.0353. The molecule has 0 aromatic carbocycles. The van der Waals surface area contributed by atoms with Crippen LogP contribution >= 0.6 is 0 Å². The van der Waals surface area contributed by atoms with E-state index in [1.165, 1.54) is 0 Å². The first-order valence-corrected chi connectivity index (χ1v) is 7.11. The van der Waals surface area contributed by atoms with Crippen LogP contribution in [0.3, 0.4) is 0 Å². The predicted molar refractivity (Wildman–Crippen MR) is 74.0 cm³/mol. The highest BCUT2D eigenvalue weighted by Gasteiger charge is 2.36. The Kier molecular flexibility index (Phi) is 5.53. The third-order valence-electron chi connectivity index (χ3n) is 4.44. The van der Waals surface area contributed by atoms with E-state index in [0.717, 1.165) is 0 Å². The summed E-state index contributed by atoms with van der Waals surface area (Å²) in [5.41, 5.74) is -0.912. The van der Waals surface area contributed by atoms with Crippen LogP contribution in [0.2, 0.25) is 0 Å². The number of carboxylic acids is 1.